The molecule has 0 fully saturated rings. The molecule has 0 amide bonds. The highest BCUT2D eigenvalue weighted by Crippen LogP contribution is 2.37. The first-order valence-electron chi connectivity index (χ1n) is 7.49. The van der Waals surface area contributed by atoms with Gasteiger partial charge in [-0.25, -0.2) is 0 Å². The number of rotatable bonds is 8. The van der Waals surface area contributed by atoms with Crippen molar-refractivity contribution in [2.75, 3.05) is 19.1 Å². The fourth-order valence-electron chi connectivity index (χ4n) is 2.16. The zero-order valence-electron chi connectivity index (χ0n) is 14.0. The number of methoxy groups -OCH3 is 1. The number of nitro groups is 2. The summed E-state index contributed by atoms with van der Waals surface area (Å²) in [7, 11) is 1.32. The summed E-state index contributed by atoms with van der Waals surface area (Å²) in [6.45, 7) is 2.05. The predicted octanol–water partition coefficient (Wildman–Crippen LogP) is 3.36. The third-order valence-electron chi connectivity index (χ3n) is 3.22. The zero-order chi connectivity index (χ0) is 19.1. The van der Waals surface area contributed by atoms with Crippen LogP contribution in [0.25, 0.3) is 0 Å². The van der Waals surface area contributed by atoms with Gasteiger partial charge in [0.2, 0.25) is 5.75 Å². The molecule has 0 saturated carbocycles. The largest absolute Gasteiger partial charge is 0.490 e. The van der Waals surface area contributed by atoms with E-state index < -0.39 is 9.85 Å². The quantitative estimate of drug-likeness (QED) is 0.434. The van der Waals surface area contributed by atoms with Crippen LogP contribution in [0.1, 0.15) is 12.5 Å². The average molecular weight is 360 g/mol. The van der Waals surface area contributed by atoms with Crippen LogP contribution in [0, 0.1) is 20.2 Å². The van der Waals surface area contributed by atoms with Crippen molar-refractivity contribution >= 4 is 23.3 Å². The zero-order valence-corrected chi connectivity index (χ0v) is 14.0. The van der Waals surface area contributed by atoms with Crippen LogP contribution in [-0.4, -0.2) is 29.8 Å². The SMILES string of the molecule is CCOc1cc(C=NNc2cccc([N+](=O)[O-])c2)cc([N+](=O)[O-])c1OC. The molecule has 0 aromatic heterocycles. The van der Waals surface area contributed by atoms with E-state index in [1.54, 1.807) is 19.1 Å². The van der Waals surface area contributed by atoms with E-state index in [1.165, 1.54) is 37.6 Å². The first-order valence-corrected chi connectivity index (χ1v) is 7.49. The van der Waals surface area contributed by atoms with Crippen LogP contribution in [0.4, 0.5) is 17.1 Å². The van der Waals surface area contributed by atoms with Gasteiger partial charge in [-0.15, -0.1) is 0 Å². The number of nitro benzene ring substituents is 2. The first kappa shape index (κ1) is 18.6. The van der Waals surface area contributed by atoms with Gasteiger partial charge in [-0.1, -0.05) is 6.07 Å². The molecule has 2 aromatic rings. The van der Waals surface area contributed by atoms with Crippen LogP contribution >= 0.6 is 0 Å². The summed E-state index contributed by atoms with van der Waals surface area (Å²) in [5.74, 6) is 0.252. The van der Waals surface area contributed by atoms with Crippen LogP contribution < -0.4 is 14.9 Å². The van der Waals surface area contributed by atoms with Crippen molar-refractivity contribution in [3.8, 4) is 11.5 Å². The van der Waals surface area contributed by atoms with Gasteiger partial charge in [0.15, 0.2) is 5.75 Å². The molecule has 0 unspecified atom stereocenters. The Balaban J connectivity index is 2.28. The molecule has 1 N–H and O–H groups in total. The molecule has 0 aliphatic heterocycles. The molecule has 2 rings (SSSR count). The van der Waals surface area contributed by atoms with Gasteiger partial charge in [-0.2, -0.15) is 5.10 Å². The number of ether oxygens (including phenoxy) is 2. The van der Waals surface area contributed by atoms with E-state index in [-0.39, 0.29) is 22.9 Å². The number of anilines is 1. The van der Waals surface area contributed by atoms with Crippen molar-refractivity contribution in [1.29, 1.82) is 0 Å². The molecule has 136 valence electrons. The Bertz CT molecular complexity index is 853. The second-order valence-corrected chi connectivity index (χ2v) is 4.94. The molecule has 0 saturated heterocycles. The van der Waals surface area contributed by atoms with Crippen molar-refractivity contribution in [2.24, 2.45) is 5.10 Å². The van der Waals surface area contributed by atoms with Gasteiger partial charge in [-0.05, 0) is 19.1 Å². The molecular weight excluding hydrogens is 344 g/mol. The number of hydrogen-bond acceptors (Lipinski definition) is 8. The molecule has 10 heteroatoms. The summed E-state index contributed by atoms with van der Waals surface area (Å²) in [4.78, 5) is 20.9. The molecule has 2 aromatic carbocycles. The van der Waals surface area contributed by atoms with Gasteiger partial charge < -0.3 is 9.47 Å². The van der Waals surface area contributed by atoms with Crippen LogP contribution in [-0.2, 0) is 0 Å². The second kappa shape index (κ2) is 8.42. The van der Waals surface area contributed by atoms with E-state index in [1.807, 2.05) is 0 Å². The normalized spacial score (nSPS) is 10.5. The van der Waals surface area contributed by atoms with Gasteiger partial charge in [0.05, 0.1) is 35.5 Å². The molecule has 0 radical (unpaired) electrons. The number of non-ortho nitro benzene ring substituents is 1. The third-order valence-corrected chi connectivity index (χ3v) is 3.22. The summed E-state index contributed by atoms with van der Waals surface area (Å²) in [6, 6.07) is 8.64. The monoisotopic (exact) mass is 360 g/mol. The Morgan fingerprint density at radius 2 is 1.96 bits per heavy atom. The number of benzene rings is 2. The van der Waals surface area contributed by atoms with E-state index in [9.17, 15) is 20.2 Å². The van der Waals surface area contributed by atoms with Crippen molar-refractivity contribution in [3.05, 3.63) is 62.2 Å². The van der Waals surface area contributed by atoms with Crippen LogP contribution in [0.2, 0.25) is 0 Å². The van der Waals surface area contributed by atoms with Gasteiger partial charge in [0.1, 0.15) is 0 Å². The second-order valence-electron chi connectivity index (χ2n) is 4.94. The standard InChI is InChI=1S/C16H16N4O6/c1-3-26-15-8-11(7-14(20(23)24)16(15)25-2)10-17-18-12-5-4-6-13(9-12)19(21)22/h4-10,18H,3H2,1-2H3. The summed E-state index contributed by atoms with van der Waals surface area (Å²) in [5.41, 5.74) is 3.11. The van der Waals surface area contributed by atoms with Crippen molar-refractivity contribution in [1.82, 2.24) is 0 Å². The van der Waals surface area contributed by atoms with Gasteiger partial charge in [-0.3, -0.25) is 25.7 Å². The minimum atomic E-state index is -0.577. The highest BCUT2D eigenvalue weighted by atomic mass is 16.6. The summed E-state index contributed by atoms with van der Waals surface area (Å²) in [6.07, 6.45) is 1.34. The molecule has 0 atom stereocenters. The van der Waals surface area contributed by atoms with E-state index in [2.05, 4.69) is 10.5 Å². The summed E-state index contributed by atoms with van der Waals surface area (Å²) >= 11 is 0. The van der Waals surface area contributed by atoms with Crippen LogP contribution in [0.3, 0.4) is 0 Å². The minimum Gasteiger partial charge on any atom is -0.490 e. The van der Waals surface area contributed by atoms with Crippen molar-refractivity contribution in [2.45, 2.75) is 6.92 Å². The Hall–Kier alpha value is -3.69. The molecular formula is C16H16N4O6. The lowest BCUT2D eigenvalue weighted by Gasteiger charge is -2.10. The topological polar surface area (TPSA) is 129 Å². The summed E-state index contributed by atoms with van der Waals surface area (Å²) < 4.78 is 10.4. The Morgan fingerprint density at radius 1 is 1.19 bits per heavy atom. The fraction of sp³-hybridized carbons (Fsp3) is 0.188. The van der Waals surface area contributed by atoms with Crippen molar-refractivity contribution < 1.29 is 19.3 Å². The van der Waals surface area contributed by atoms with Gasteiger partial charge in [0.25, 0.3) is 5.69 Å². The maximum absolute atomic E-state index is 11.2. The van der Waals surface area contributed by atoms with Gasteiger partial charge in [0, 0.05) is 23.8 Å². The predicted molar refractivity (Wildman–Crippen MR) is 95.1 cm³/mol. The Kier molecular flexibility index (Phi) is 6.04. The molecule has 26 heavy (non-hydrogen) atoms. The Morgan fingerprint density at radius 3 is 2.58 bits per heavy atom. The maximum Gasteiger partial charge on any atom is 0.315 e. The minimum absolute atomic E-state index is 0.0284. The molecule has 0 bridgehead atoms. The number of nitrogens with one attached hydrogen (secondary N) is 1. The summed E-state index contributed by atoms with van der Waals surface area (Å²) in [5, 5.41) is 25.9. The first-order chi connectivity index (χ1) is 12.5. The molecule has 0 spiro atoms. The smallest absolute Gasteiger partial charge is 0.315 e. The van der Waals surface area contributed by atoms with E-state index in [0.717, 1.165) is 0 Å². The van der Waals surface area contributed by atoms with E-state index >= 15 is 0 Å². The van der Waals surface area contributed by atoms with E-state index in [4.69, 9.17) is 9.47 Å². The lowest BCUT2D eigenvalue weighted by Crippen LogP contribution is -2.01. The van der Waals surface area contributed by atoms with Crippen LogP contribution in [0.15, 0.2) is 41.5 Å². The van der Waals surface area contributed by atoms with Crippen molar-refractivity contribution in [3.63, 3.8) is 0 Å². The van der Waals surface area contributed by atoms with E-state index in [0.29, 0.717) is 17.9 Å². The lowest BCUT2D eigenvalue weighted by atomic mass is 10.2. The highest BCUT2D eigenvalue weighted by Gasteiger charge is 2.21. The van der Waals surface area contributed by atoms with Crippen LogP contribution in [0.5, 0.6) is 11.5 Å². The molecule has 10 nitrogen and oxygen atoms in total. The maximum atomic E-state index is 11.2. The highest BCUT2D eigenvalue weighted by molar-refractivity contribution is 5.83. The molecule has 0 heterocycles. The lowest BCUT2D eigenvalue weighted by molar-refractivity contribution is -0.385. The molecule has 0 aliphatic rings. The third kappa shape index (κ3) is 4.44. The fourth-order valence-corrected chi connectivity index (χ4v) is 2.16. The Labute approximate surface area is 148 Å². The number of hydrogen-bond donors (Lipinski definition) is 1. The van der Waals surface area contributed by atoms with Gasteiger partial charge >= 0.3 is 5.69 Å². The number of hydrazone groups is 1. The molecule has 0 aliphatic carbocycles. The average Bonchev–Trinajstić information content (AvgIpc) is 2.61. The number of nitrogens with zero attached hydrogens (tertiary/aromatic N) is 3.